The molecule has 1 aliphatic heterocycles. The van der Waals surface area contributed by atoms with Gasteiger partial charge in [0.1, 0.15) is 0 Å². The van der Waals surface area contributed by atoms with Crippen molar-refractivity contribution in [1.82, 2.24) is 18.7 Å². The number of fused-ring (bicyclic) bond motifs is 1. The van der Waals surface area contributed by atoms with Crippen LogP contribution in [0.2, 0.25) is 5.02 Å². The first-order valence-corrected chi connectivity index (χ1v) is 12.2. The Morgan fingerprint density at radius 3 is 2.53 bits per heavy atom. The van der Waals surface area contributed by atoms with Gasteiger partial charge in [-0.25, -0.2) is 4.79 Å². The lowest BCUT2D eigenvalue weighted by molar-refractivity contribution is 0.0969. The Balaban J connectivity index is 1.70. The number of hydrogen-bond acceptors (Lipinski definition) is 6. The molecule has 0 spiro atoms. The number of rotatable bonds is 6. The van der Waals surface area contributed by atoms with Crippen LogP contribution in [0.3, 0.4) is 0 Å². The largest absolute Gasteiger partial charge is 0.341 e. The first-order chi connectivity index (χ1) is 17.3. The summed E-state index contributed by atoms with van der Waals surface area (Å²) in [5, 5.41) is 0.560. The first-order valence-electron chi connectivity index (χ1n) is 11.9. The third-order valence-corrected chi connectivity index (χ3v) is 7.01. The van der Waals surface area contributed by atoms with Crippen LogP contribution in [0.15, 0.2) is 64.2 Å². The van der Waals surface area contributed by atoms with Crippen molar-refractivity contribution in [3.63, 3.8) is 0 Å². The molecule has 0 radical (unpaired) electrons. The number of imidazole rings is 1. The predicted molar refractivity (Wildman–Crippen MR) is 140 cm³/mol. The third-order valence-electron chi connectivity index (χ3n) is 6.64. The highest BCUT2D eigenvalue weighted by Gasteiger charge is 2.27. The molecule has 5 rings (SSSR count). The zero-order valence-corrected chi connectivity index (χ0v) is 20.7. The Morgan fingerprint density at radius 1 is 1.08 bits per heavy atom. The molecule has 1 fully saturated rings. The summed E-state index contributed by atoms with van der Waals surface area (Å²) < 4.78 is 4.10. The van der Waals surface area contributed by atoms with Gasteiger partial charge < -0.3 is 10.6 Å². The Kier molecular flexibility index (Phi) is 6.51. The van der Waals surface area contributed by atoms with Crippen LogP contribution in [0.1, 0.15) is 28.8 Å². The Labute approximate surface area is 212 Å². The van der Waals surface area contributed by atoms with Crippen LogP contribution in [0.4, 0.5) is 5.95 Å². The Bertz CT molecular complexity index is 1560. The van der Waals surface area contributed by atoms with Gasteiger partial charge in [0.2, 0.25) is 5.95 Å². The number of aromatic nitrogens is 4. The number of anilines is 1. The van der Waals surface area contributed by atoms with Gasteiger partial charge in [-0.05, 0) is 24.5 Å². The van der Waals surface area contributed by atoms with Crippen LogP contribution in [-0.4, -0.2) is 43.6 Å². The second-order valence-electron chi connectivity index (χ2n) is 9.13. The second-order valence-corrected chi connectivity index (χ2v) is 9.54. The number of nitrogens with zero attached hydrogens (tertiary/aromatic N) is 5. The quantitative estimate of drug-likeness (QED) is 0.402. The number of halogens is 1. The lowest BCUT2D eigenvalue weighted by Gasteiger charge is -2.32. The van der Waals surface area contributed by atoms with Gasteiger partial charge in [-0.1, -0.05) is 60.1 Å². The highest BCUT2D eigenvalue weighted by atomic mass is 35.5. The summed E-state index contributed by atoms with van der Waals surface area (Å²) in [4.78, 5) is 46.7. The standard InChI is InChI=1S/C26H27ClN6O3/c1-30-23-22(24(35)33(26(30)36)16-21(34)17-8-3-2-4-9-17)32(14-18-10-5-6-12-20(18)27)25(29-23)31-13-7-11-19(28)15-31/h2-6,8-10,12,19H,7,11,13-16,28H2,1H3/t19-/m1/s1. The molecule has 4 aromatic rings. The Hall–Kier alpha value is -3.69. The smallest absolute Gasteiger partial charge is 0.332 e. The van der Waals surface area contributed by atoms with Gasteiger partial charge in [-0.3, -0.25) is 23.3 Å². The molecule has 0 saturated carbocycles. The van der Waals surface area contributed by atoms with Gasteiger partial charge in [0, 0.05) is 36.8 Å². The average molecular weight is 507 g/mol. The lowest BCUT2D eigenvalue weighted by atomic mass is 10.1. The molecule has 0 aliphatic carbocycles. The van der Waals surface area contributed by atoms with E-state index in [1.807, 2.05) is 23.1 Å². The molecule has 1 atom stereocenters. The molecule has 36 heavy (non-hydrogen) atoms. The fourth-order valence-corrected chi connectivity index (χ4v) is 4.93. The van der Waals surface area contributed by atoms with Crippen LogP contribution in [0.5, 0.6) is 0 Å². The molecular weight excluding hydrogens is 480 g/mol. The minimum atomic E-state index is -0.596. The predicted octanol–water partition coefficient (Wildman–Crippen LogP) is 2.41. The van der Waals surface area contributed by atoms with Crippen molar-refractivity contribution in [2.24, 2.45) is 12.8 Å². The van der Waals surface area contributed by atoms with Crippen molar-refractivity contribution >= 4 is 34.5 Å². The van der Waals surface area contributed by atoms with Gasteiger partial charge in [0.05, 0.1) is 13.1 Å². The molecule has 0 unspecified atom stereocenters. The van der Waals surface area contributed by atoms with E-state index in [1.54, 1.807) is 48.0 Å². The fraction of sp³-hybridized carbons (Fsp3) is 0.308. The highest BCUT2D eigenvalue weighted by molar-refractivity contribution is 6.31. The number of carbonyl (C=O) groups excluding carboxylic acids is 1. The van der Waals surface area contributed by atoms with E-state index in [9.17, 15) is 14.4 Å². The van der Waals surface area contributed by atoms with Gasteiger partial charge in [-0.15, -0.1) is 0 Å². The van der Waals surface area contributed by atoms with Gasteiger partial charge in [-0.2, -0.15) is 4.98 Å². The summed E-state index contributed by atoms with van der Waals surface area (Å²) in [6.45, 7) is 1.22. The molecule has 186 valence electrons. The molecule has 9 nitrogen and oxygen atoms in total. The van der Waals surface area contributed by atoms with Gasteiger partial charge >= 0.3 is 5.69 Å². The SMILES string of the molecule is Cn1c(=O)n(CC(=O)c2ccccc2)c(=O)c2c1nc(N1CCC[C@@H](N)C1)n2Cc1ccccc1Cl. The molecular formula is C26H27ClN6O3. The van der Waals surface area contributed by atoms with E-state index in [2.05, 4.69) is 0 Å². The summed E-state index contributed by atoms with van der Waals surface area (Å²) in [7, 11) is 1.56. The monoisotopic (exact) mass is 506 g/mol. The third kappa shape index (κ3) is 4.36. The zero-order valence-electron chi connectivity index (χ0n) is 19.9. The number of ketones is 1. The minimum Gasteiger partial charge on any atom is -0.341 e. The van der Waals surface area contributed by atoms with Crippen LogP contribution in [-0.2, 0) is 20.1 Å². The van der Waals surface area contributed by atoms with E-state index in [4.69, 9.17) is 22.3 Å². The average Bonchev–Trinajstić information content (AvgIpc) is 3.26. The maximum atomic E-state index is 13.8. The van der Waals surface area contributed by atoms with Crippen molar-refractivity contribution in [3.8, 4) is 0 Å². The maximum absolute atomic E-state index is 13.8. The number of benzene rings is 2. The Morgan fingerprint density at radius 2 is 1.81 bits per heavy atom. The summed E-state index contributed by atoms with van der Waals surface area (Å²) in [6.07, 6.45) is 1.80. The highest BCUT2D eigenvalue weighted by Crippen LogP contribution is 2.26. The first kappa shape index (κ1) is 24.0. The van der Waals surface area contributed by atoms with Crippen LogP contribution in [0.25, 0.3) is 11.2 Å². The molecule has 2 aromatic heterocycles. The molecule has 2 N–H and O–H groups in total. The van der Waals surface area contributed by atoms with E-state index in [0.717, 1.165) is 29.5 Å². The molecule has 3 heterocycles. The number of nitrogens with two attached hydrogens (primary N) is 1. The van der Waals surface area contributed by atoms with Crippen LogP contribution in [0, 0.1) is 0 Å². The van der Waals surface area contributed by atoms with Gasteiger partial charge in [0.15, 0.2) is 16.9 Å². The molecule has 1 saturated heterocycles. The summed E-state index contributed by atoms with van der Waals surface area (Å²) >= 11 is 6.47. The number of hydrogen-bond donors (Lipinski definition) is 1. The van der Waals surface area contributed by atoms with E-state index < -0.39 is 11.2 Å². The normalized spacial score (nSPS) is 16.0. The van der Waals surface area contributed by atoms with Crippen LogP contribution >= 0.6 is 11.6 Å². The van der Waals surface area contributed by atoms with Crippen molar-refractivity contribution in [2.75, 3.05) is 18.0 Å². The molecule has 2 aromatic carbocycles. The van der Waals surface area contributed by atoms with Crippen molar-refractivity contribution in [2.45, 2.75) is 32.0 Å². The summed E-state index contributed by atoms with van der Waals surface area (Å²) in [6, 6.07) is 16.0. The van der Waals surface area contributed by atoms with Crippen molar-refractivity contribution < 1.29 is 4.79 Å². The zero-order chi connectivity index (χ0) is 25.4. The number of piperidine rings is 1. The number of aryl methyl sites for hydroxylation is 1. The summed E-state index contributed by atoms with van der Waals surface area (Å²) in [5.41, 5.74) is 6.82. The summed E-state index contributed by atoms with van der Waals surface area (Å²) in [5.74, 6) is 0.229. The topological polar surface area (TPSA) is 108 Å². The van der Waals surface area contributed by atoms with Crippen molar-refractivity contribution in [3.05, 3.63) is 91.6 Å². The minimum absolute atomic E-state index is 0.0173. The van der Waals surface area contributed by atoms with E-state index in [0.29, 0.717) is 23.1 Å². The van der Waals surface area contributed by atoms with Crippen LogP contribution < -0.4 is 21.9 Å². The fourth-order valence-electron chi connectivity index (χ4n) is 4.74. The lowest BCUT2D eigenvalue weighted by Crippen LogP contribution is -2.44. The molecule has 1 aliphatic rings. The number of Topliss-reactive ketones (excluding diaryl/α,β-unsaturated/α-hetero) is 1. The van der Waals surface area contributed by atoms with E-state index in [-0.39, 0.29) is 36.1 Å². The maximum Gasteiger partial charge on any atom is 0.332 e. The van der Waals surface area contributed by atoms with Crippen molar-refractivity contribution in [1.29, 1.82) is 0 Å². The van der Waals surface area contributed by atoms with E-state index in [1.165, 1.54) is 4.57 Å². The molecule has 0 amide bonds. The number of carbonyl (C=O) groups is 1. The molecule has 0 bridgehead atoms. The van der Waals surface area contributed by atoms with E-state index >= 15 is 0 Å². The van der Waals surface area contributed by atoms with Gasteiger partial charge in [0.25, 0.3) is 5.56 Å². The molecule has 10 heteroatoms. The second kappa shape index (κ2) is 9.75.